The molecule has 3 heteroatoms. The molecule has 0 spiro atoms. The second kappa shape index (κ2) is 3.37. The Balaban J connectivity index is 2.23. The van der Waals surface area contributed by atoms with Crippen molar-refractivity contribution in [2.75, 3.05) is 17.7 Å². The van der Waals surface area contributed by atoms with Gasteiger partial charge in [0, 0.05) is 18.5 Å². The van der Waals surface area contributed by atoms with Gasteiger partial charge in [0.15, 0.2) is 0 Å². The first-order valence-electron chi connectivity index (χ1n) is 5.63. The Morgan fingerprint density at radius 2 is 2.06 bits per heavy atom. The molecule has 82 valence electrons. The number of hydrogen-bond donors (Lipinski definition) is 1. The van der Waals surface area contributed by atoms with Crippen LogP contribution in [0.4, 0.5) is 11.4 Å². The van der Waals surface area contributed by atoms with Gasteiger partial charge < -0.3 is 10.6 Å². The van der Waals surface area contributed by atoms with Gasteiger partial charge in [-0.2, -0.15) is 0 Å². The van der Waals surface area contributed by atoms with Gasteiger partial charge in [-0.15, -0.1) is 0 Å². The highest BCUT2D eigenvalue weighted by Gasteiger charge is 2.28. The van der Waals surface area contributed by atoms with E-state index >= 15 is 0 Å². The molecule has 0 unspecified atom stereocenters. The Hall–Kier alpha value is -1.77. The Morgan fingerprint density at radius 3 is 2.81 bits per heavy atom. The topological polar surface area (TPSA) is 42.1 Å². The van der Waals surface area contributed by atoms with E-state index in [9.17, 15) is 0 Å². The van der Waals surface area contributed by atoms with Crippen molar-refractivity contribution in [1.29, 1.82) is 0 Å². The minimum Gasteiger partial charge on any atom is -0.396 e. The van der Waals surface area contributed by atoms with Gasteiger partial charge in [-0.05, 0) is 18.9 Å². The molecular weight excluding hydrogens is 198 g/mol. The molecule has 1 saturated carbocycles. The molecule has 1 aliphatic rings. The molecule has 1 heterocycles. The van der Waals surface area contributed by atoms with Crippen LogP contribution in [0.1, 0.15) is 12.8 Å². The average Bonchev–Trinajstić information content (AvgIpc) is 3.12. The minimum absolute atomic E-state index is 0.660. The third-order valence-electron chi connectivity index (χ3n) is 3.22. The second-order valence-corrected chi connectivity index (χ2v) is 4.42. The van der Waals surface area contributed by atoms with Crippen molar-refractivity contribution >= 4 is 22.3 Å². The quantitative estimate of drug-likeness (QED) is 0.833. The van der Waals surface area contributed by atoms with Crippen molar-refractivity contribution in [3.63, 3.8) is 0 Å². The highest BCUT2D eigenvalue weighted by molar-refractivity contribution is 5.97. The third kappa shape index (κ3) is 1.40. The van der Waals surface area contributed by atoms with Crippen LogP contribution in [0.5, 0.6) is 0 Å². The fraction of sp³-hybridized carbons (Fsp3) is 0.308. The van der Waals surface area contributed by atoms with Crippen molar-refractivity contribution < 1.29 is 0 Å². The van der Waals surface area contributed by atoms with Gasteiger partial charge in [0.2, 0.25) is 0 Å². The lowest BCUT2D eigenvalue weighted by Gasteiger charge is -2.22. The molecule has 3 nitrogen and oxygen atoms in total. The zero-order valence-corrected chi connectivity index (χ0v) is 9.35. The summed E-state index contributed by atoms with van der Waals surface area (Å²) in [5, 5.41) is 1.15. The first-order valence-corrected chi connectivity index (χ1v) is 5.63. The molecule has 1 fully saturated rings. The summed E-state index contributed by atoms with van der Waals surface area (Å²) in [6.45, 7) is 0. The number of para-hydroxylation sites is 1. The summed E-state index contributed by atoms with van der Waals surface area (Å²) >= 11 is 0. The van der Waals surface area contributed by atoms with Crippen molar-refractivity contribution in [2.45, 2.75) is 18.9 Å². The molecule has 1 aromatic carbocycles. The van der Waals surface area contributed by atoms with Gasteiger partial charge in [0.05, 0.1) is 23.1 Å². The lowest BCUT2D eigenvalue weighted by molar-refractivity contribution is 0.922. The van der Waals surface area contributed by atoms with Crippen molar-refractivity contribution in [3.8, 4) is 0 Å². The van der Waals surface area contributed by atoms with Crippen LogP contribution in [-0.2, 0) is 0 Å². The number of fused-ring (bicyclic) bond motifs is 1. The number of nitrogens with two attached hydrogens (primary N) is 1. The molecule has 1 aliphatic carbocycles. The highest BCUT2D eigenvalue weighted by atomic mass is 15.2. The van der Waals surface area contributed by atoms with Crippen LogP contribution < -0.4 is 10.6 Å². The first kappa shape index (κ1) is 9.46. The summed E-state index contributed by atoms with van der Waals surface area (Å²) in [6, 6.07) is 8.82. The van der Waals surface area contributed by atoms with Gasteiger partial charge in [0.25, 0.3) is 0 Å². The number of hydrogen-bond acceptors (Lipinski definition) is 3. The minimum atomic E-state index is 0.660. The molecule has 0 aliphatic heterocycles. The molecule has 0 amide bonds. The van der Waals surface area contributed by atoms with E-state index in [2.05, 4.69) is 23.0 Å². The maximum atomic E-state index is 6.05. The molecular formula is C13H15N3. The molecule has 0 saturated heterocycles. The normalized spacial score (nSPS) is 15.3. The summed E-state index contributed by atoms with van der Waals surface area (Å²) < 4.78 is 0. The third-order valence-corrected chi connectivity index (χ3v) is 3.22. The number of nitrogens with zero attached hydrogens (tertiary/aromatic N) is 2. The number of anilines is 2. The van der Waals surface area contributed by atoms with E-state index in [1.807, 2.05) is 18.2 Å². The van der Waals surface area contributed by atoms with Crippen molar-refractivity contribution in [1.82, 2.24) is 4.98 Å². The number of benzene rings is 1. The summed E-state index contributed by atoms with van der Waals surface area (Å²) in [5.41, 5.74) is 8.97. The van der Waals surface area contributed by atoms with E-state index in [-0.39, 0.29) is 0 Å². The molecule has 2 aromatic rings. The molecule has 3 rings (SSSR count). The van der Waals surface area contributed by atoms with Gasteiger partial charge in [-0.25, -0.2) is 0 Å². The summed E-state index contributed by atoms with van der Waals surface area (Å²) in [4.78, 5) is 6.64. The van der Waals surface area contributed by atoms with Crippen LogP contribution in [0.2, 0.25) is 0 Å². The van der Waals surface area contributed by atoms with Crippen LogP contribution in [0.15, 0.2) is 30.5 Å². The molecule has 1 aromatic heterocycles. The van der Waals surface area contributed by atoms with Crippen LogP contribution in [-0.4, -0.2) is 18.1 Å². The standard InChI is InChI=1S/C13H15N3/c1-16(9-6-7-9)13-10-4-2-3-5-12(10)15-8-11(13)14/h2-5,8-9H,6-7,14H2,1H3. The van der Waals surface area contributed by atoms with Gasteiger partial charge in [-0.3, -0.25) is 4.98 Å². The summed E-state index contributed by atoms with van der Waals surface area (Å²) in [6.07, 6.45) is 4.30. The van der Waals surface area contributed by atoms with Crippen LogP contribution >= 0.6 is 0 Å². The van der Waals surface area contributed by atoms with Crippen LogP contribution in [0.3, 0.4) is 0 Å². The van der Waals surface area contributed by atoms with Crippen LogP contribution in [0, 0.1) is 0 Å². The van der Waals surface area contributed by atoms with Gasteiger partial charge in [-0.1, -0.05) is 18.2 Å². The first-order chi connectivity index (χ1) is 7.77. The van der Waals surface area contributed by atoms with E-state index in [0.29, 0.717) is 6.04 Å². The van der Waals surface area contributed by atoms with E-state index in [1.165, 1.54) is 12.8 Å². The van der Waals surface area contributed by atoms with E-state index in [1.54, 1.807) is 6.20 Å². The lowest BCUT2D eigenvalue weighted by atomic mass is 10.1. The molecule has 0 atom stereocenters. The Bertz CT molecular complexity index is 532. The van der Waals surface area contributed by atoms with E-state index < -0.39 is 0 Å². The van der Waals surface area contributed by atoms with E-state index in [4.69, 9.17) is 5.73 Å². The zero-order chi connectivity index (χ0) is 11.1. The predicted octanol–water partition coefficient (Wildman–Crippen LogP) is 2.42. The fourth-order valence-electron chi connectivity index (χ4n) is 2.18. The number of nitrogen functional groups attached to an aromatic ring is 1. The number of rotatable bonds is 2. The fourth-order valence-corrected chi connectivity index (χ4v) is 2.18. The lowest BCUT2D eigenvalue weighted by Crippen LogP contribution is -2.21. The summed E-state index contributed by atoms with van der Waals surface area (Å²) in [5.74, 6) is 0. The zero-order valence-electron chi connectivity index (χ0n) is 9.35. The summed E-state index contributed by atoms with van der Waals surface area (Å²) in [7, 11) is 2.12. The van der Waals surface area contributed by atoms with Crippen LogP contribution in [0.25, 0.3) is 10.9 Å². The molecule has 0 bridgehead atoms. The largest absolute Gasteiger partial charge is 0.396 e. The molecule has 0 radical (unpaired) electrons. The highest BCUT2D eigenvalue weighted by Crippen LogP contribution is 2.37. The number of aromatic nitrogens is 1. The monoisotopic (exact) mass is 213 g/mol. The Labute approximate surface area is 94.9 Å². The second-order valence-electron chi connectivity index (χ2n) is 4.42. The van der Waals surface area contributed by atoms with Crippen molar-refractivity contribution in [3.05, 3.63) is 30.5 Å². The van der Waals surface area contributed by atoms with E-state index in [0.717, 1.165) is 22.3 Å². The Morgan fingerprint density at radius 1 is 1.31 bits per heavy atom. The maximum Gasteiger partial charge on any atom is 0.0745 e. The maximum absolute atomic E-state index is 6.05. The predicted molar refractivity (Wildman–Crippen MR) is 67.6 cm³/mol. The molecule has 2 N–H and O–H groups in total. The average molecular weight is 213 g/mol. The van der Waals surface area contributed by atoms with Gasteiger partial charge in [0.1, 0.15) is 0 Å². The Kier molecular flexibility index (Phi) is 1.99. The SMILES string of the molecule is CN(c1c(N)cnc2ccccc12)C1CC1. The van der Waals surface area contributed by atoms with Gasteiger partial charge >= 0.3 is 0 Å². The molecule has 16 heavy (non-hydrogen) atoms. The number of pyridine rings is 1. The van der Waals surface area contributed by atoms with Crippen molar-refractivity contribution in [2.24, 2.45) is 0 Å². The smallest absolute Gasteiger partial charge is 0.0745 e.